The number of carbonyl (C=O) groups excluding carboxylic acids is 2. The first-order valence-corrected chi connectivity index (χ1v) is 8.60. The summed E-state index contributed by atoms with van der Waals surface area (Å²) >= 11 is 0. The Morgan fingerprint density at radius 3 is 2.08 bits per heavy atom. The van der Waals surface area contributed by atoms with E-state index in [1.807, 2.05) is 51.1 Å². The minimum atomic E-state index is -0.463. The number of nitrogens with one attached hydrogen (secondary N) is 2. The Labute approximate surface area is 143 Å². The number of carbonyl (C=O) groups is 2. The molecule has 1 spiro atoms. The predicted molar refractivity (Wildman–Crippen MR) is 91.8 cm³/mol. The molecule has 0 unspecified atom stereocenters. The lowest BCUT2D eigenvalue weighted by Gasteiger charge is -2.57. The van der Waals surface area contributed by atoms with E-state index >= 15 is 0 Å². The van der Waals surface area contributed by atoms with Crippen molar-refractivity contribution in [2.24, 2.45) is 5.41 Å². The molecule has 1 aromatic carbocycles. The minimum Gasteiger partial charge on any atom is -0.444 e. The summed E-state index contributed by atoms with van der Waals surface area (Å²) in [7, 11) is 0. The molecule has 24 heavy (non-hydrogen) atoms. The van der Waals surface area contributed by atoms with Crippen LogP contribution < -0.4 is 10.6 Å². The van der Waals surface area contributed by atoms with Gasteiger partial charge in [0.25, 0.3) is 5.91 Å². The van der Waals surface area contributed by atoms with Crippen molar-refractivity contribution < 1.29 is 14.3 Å². The van der Waals surface area contributed by atoms with Gasteiger partial charge in [-0.1, -0.05) is 18.2 Å². The third-order valence-electron chi connectivity index (χ3n) is 4.81. The number of alkyl carbamates (subject to hydrolysis) is 1. The molecule has 2 aliphatic carbocycles. The van der Waals surface area contributed by atoms with Gasteiger partial charge < -0.3 is 15.4 Å². The maximum Gasteiger partial charge on any atom is 0.407 e. The summed E-state index contributed by atoms with van der Waals surface area (Å²) < 4.78 is 5.28. The first-order valence-electron chi connectivity index (χ1n) is 8.60. The van der Waals surface area contributed by atoms with Crippen molar-refractivity contribution in [3.05, 3.63) is 35.9 Å². The van der Waals surface area contributed by atoms with E-state index in [1.54, 1.807) is 0 Å². The van der Waals surface area contributed by atoms with Crippen LogP contribution in [0.1, 0.15) is 56.8 Å². The van der Waals surface area contributed by atoms with E-state index < -0.39 is 5.60 Å². The highest BCUT2D eigenvalue weighted by atomic mass is 16.6. The van der Waals surface area contributed by atoms with Gasteiger partial charge in [-0.15, -0.1) is 0 Å². The molecule has 2 fully saturated rings. The van der Waals surface area contributed by atoms with E-state index in [2.05, 4.69) is 10.6 Å². The summed E-state index contributed by atoms with van der Waals surface area (Å²) in [6.07, 6.45) is 3.61. The molecule has 0 aromatic heterocycles. The Kier molecular flexibility index (Phi) is 4.28. The molecule has 0 aliphatic heterocycles. The van der Waals surface area contributed by atoms with E-state index in [4.69, 9.17) is 4.74 Å². The van der Waals surface area contributed by atoms with Crippen LogP contribution in [-0.2, 0) is 4.74 Å². The lowest BCUT2D eigenvalue weighted by molar-refractivity contribution is -0.0307. The van der Waals surface area contributed by atoms with Crippen molar-refractivity contribution >= 4 is 12.0 Å². The fourth-order valence-electron chi connectivity index (χ4n) is 3.84. The van der Waals surface area contributed by atoms with Gasteiger partial charge >= 0.3 is 6.09 Å². The summed E-state index contributed by atoms with van der Waals surface area (Å²) in [5, 5.41) is 6.02. The van der Waals surface area contributed by atoms with Gasteiger partial charge in [0.1, 0.15) is 5.60 Å². The van der Waals surface area contributed by atoms with Gasteiger partial charge in [-0.3, -0.25) is 4.79 Å². The molecule has 0 radical (unpaired) electrons. The van der Waals surface area contributed by atoms with E-state index in [1.165, 1.54) is 0 Å². The Morgan fingerprint density at radius 1 is 1.00 bits per heavy atom. The van der Waals surface area contributed by atoms with Crippen molar-refractivity contribution in [1.82, 2.24) is 10.6 Å². The highest BCUT2D eigenvalue weighted by molar-refractivity contribution is 5.94. The van der Waals surface area contributed by atoms with Crippen molar-refractivity contribution in [1.29, 1.82) is 0 Å². The molecule has 5 nitrogen and oxygen atoms in total. The van der Waals surface area contributed by atoms with Gasteiger partial charge in [-0.2, -0.15) is 0 Å². The SMILES string of the molecule is CC(C)(C)OC(=O)NC1CC2(C1)CC(NC(=O)c1ccccc1)C2. The van der Waals surface area contributed by atoms with Crippen molar-refractivity contribution in [3.63, 3.8) is 0 Å². The molecule has 2 saturated carbocycles. The van der Waals surface area contributed by atoms with E-state index in [9.17, 15) is 9.59 Å². The van der Waals surface area contributed by atoms with E-state index in [0.717, 1.165) is 25.7 Å². The van der Waals surface area contributed by atoms with Crippen molar-refractivity contribution in [2.75, 3.05) is 0 Å². The van der Waals surface area contributed by atoms with Gasteiger partial charge in [-0.25, -0.2) is 4.79 Å². The highest BCUT2D eigenvalue weighted by Crippen LogP contribution is 2.55. The van der Waals surface area contributed by atoms with Crippen LogP contribution in [0.5, 0.6) is 0 Å². The number of hydrogen-bond acceptors (Lipinski definition) is 3. The van der Waals surface area contributed by atoms with Crippen LogP contribution in [0.2, 0.25) is 0 Å². The van der Waals surface area contributed by atoms with Crippen LogP contribution in [0.15, 0.2) is 30.3 Å². The average Bonchev–Trinajstić information content (AvgIpc) is 2.41. The van der Waals surface area contributed by atoms with Crippen LogP contribution in [-0.4, -0.2) is 29.7 Å². The topological polar surface area (TPSA) is 67.4 Å². The zero-order valence-corrected chi connectivity index (χ0v) is 14.6. The summed E-state index contributed by atoms with van der Waals surface area (Å²) in [5.41, 5.74) is 0.542. The third kappa shape index (κ3) is 3.89. The number of hydrogen-bond donors (Lipinski definition) is 2. The van der Waals surface area contributed by atoms with Crippen LogP contribution >= 0.6 is 0 Å². The first kappa shape index (κ1) is 16.8. The Morgan fingerprint density at radius 2 is 1.54 bits per heavy atom. The second-order valence-electron chi connectivity index (χ2n) is 8.20. The van der Waals surface area contributed by atoms with E-state index in [0.29, 0.717) is 11.0 Å². The normalized spacial score (nSPS) is 28.5. The smallest absolute Gasteiger partial charge is 0.407 e. The number of amides is 2. The summed E-state index contributed by atoms with van der Waals surface area (Å²) in [6, 6.07) is 9.75. The molecule has 0 atom stereocenters. The van der Waals surface area contributed by atoms with Gasteiger partial charge in [0.15, 0.2) is 0 Å². The van der Waals surface area contributed by atoms with Gasteiger partial charge in [0.05, 0.1) is 0 Å². The first-order chi connectivity index (χ1) is 11.2. The molecule has 5 heteroatoms. The van der Waals surface area contributed by atoms with Crippen LogP contribution in [0, 0.1) is 5.41 Å². The van der Waals surface area contributed by atoms with Crippen LogP contribution in [0.25, 0.3) is 0 Å². The zero-order valence-electron chi connectivity index (χ0n) is 14.6. The van der Waals surface area contributed by atoms with Gasteiger partial charge in [0, 0.05) is 17.6 Å². The molecular weight excluding hydrogens is 304 g/mol. The second kappa shape index (κ2) is 6.11. The summed E-state index contributed by atoms with van der Waals surface area (Å²) in [6.45, 7) is 5.59. The molecule has 130 valence electrons. The fourth-order valence-corrected chi connectivity index (χ4v) is 3.84. The average molecular weight is 330 g/mol. The molecule has 2 aliphatic rings. The number of ether oxygens (including phenoxy) is 1. The predicted octanol–water partition coefficient (Wildman–Crippen LogP) is 3.25. The standard InChI is InChI=1S/C19H26N2O3/c1-18(2,3)24-17(23)21-15-11-19(12-15)9-14(10-19)20-16(22)13-7-5-4-6-8-13/h4-8,14-15H,9-12H2,1-3H3,(H,20,22)(H,21,23). The largest absolute Gasteiger partial charge is 0.444 e. The third-order valence-corrected chi connectivity index (χ3v) is 4.81. The van der Waals surface area contributed by atoms with Gasteiger partial charge in [0.2, 0.25) is 0 Å². The molecule has 0 bridgehead atoms. The molecule has 1 aromatic rings. The molecule has 2 amide bonds. The highest BCUT2D eigenvalue weighted by Gasteiger charge is 2.53. The molecule has 0 saturated heterocycles. The lowest BCUT2D eigenvalue weighted by atomic mass is 9.52. The summed E-state index contributed by atoms with van der Waals surface area (Å²) in [4.78, 5) is 23.9. The quantitative estimate of drug-likeness (QED) is 0.894. The lowest BCUT2D eigenvalue weighted by Crippen LogP contribution is -2.61. The van der Waals surface area contributed by atoms with Crippen molar-refractivity contribution in [3.8, 4) is 0 Å². The molecule has 0 heterocycles. The number of rotatable bonds is 3. The maximum absolute atomic E-state index is 12.1. The maximum atomic E-state index is 12.1. The van der Waals surface area contributed by atoms with Crippen LogP contribution in [0.3, 0.4) is 0 Å². The Bertz CT molecular complexity index is 607. The minimum absolute atomic E-state index is 0.00166. The molecular formula is C19H26N2O3. The fraction of sp³-hybridized carbons (Fsp3) is 0.579. The van der Waals surface area contributed by atoms with E-state index in [-0.39, 0.29) is 24.1 Å². The zero-order chi connectivity index (χ0) is 17.4. The Hall–Kier alpha value is -2.04. The van der Waals surface area contributed by atoms with Crippen LogP contribution in [0.4, 0.5) is 4.79 Å². The number of benzene rings is 1. The summed E-state index contributed by atoms with van der Waals surface area (Å²) in [5.74, 6) is -0.00166. The Balaban J connectivity index is 1.38. The van der Waals surface area contributed by atoms with Gasteiger partial charge in [-0.05, 0) is 64.0 Å². The second-order valence-corrected chi connectivity index (χ2v) is 8.20. The molecule has 2 N–H and O–H groups in total. The molecule has 3 rings (SSSR count). The van der Waals surface area contributed by atoms with Crippen molar-refractivity contribution in [2.45, 2.75) is 64.1 Å². The monoisotopic (exact) mass is 330 g/mol.